The third kappa shape index (κ3) is 3.89. The Bertz CT molecular complexity index is 664. The molecule has 1 aliphatic rings. The van der Waals surface area contributed by atoms with Crippen LogP contribution in [0.4, 0.5) is 0 Å². The number of methoxy groups -OCH3 is 2. The van der Waals surface area contributed by atoms with E-state index in [2.05, 4.69) is 0 Å². The molecule has 0 atom stereocenters. The van der Waals surface area contributed by atoms with Crippen LogP contribution in [0.1, 0.15) is 43.6 Å². The largest absolute Gasteiger partial charge is 0.496 e. The summed E-state index contributed by atoms with van der Waals surface area (Å²) in [6.07, 6.45) is 1.72. The number of rotatable bonds is 5. The second kappa shape index (κ2) is 7.19. The van der Waals surface area contributed by atoms with Gasteiger partial charge < -0.3 is 23.9 Å². The second-order valence-electron chi connectivity index (χ2n) is 6.91. The van der Waals surface area contributed by atoms with E-state index in [0.29, 0.717) is 22.3 Å². The van der Waals surface area contributed by atoms with E-state index in [1.54, 1.807) is 24.3 Å². The zero-order valence-corrected chi connectivity index (χ0v) is 15.6. The molecule has 0 amide bonds. The van der Waals surface area contributed by atoms with Gasteiger partial charge in [0.1, 0.15) is 5.75 Å². The van der Waals surface area contributed by atoms with Gasteiger partial charge in [-0.25, -0.2) is 4.79 Å². The van der Waals surface area contributed by atoms with Crippen molar-refractivity contribution in [3.63, 3.8) is 0 Å². The van der Waals surface area contributed by atoms with Gasteiger partial charge in [0, 0.05) is 5.56 Å². The fourth-order valence-corrected chi connectivity index (χ4v) is 2.47. The van der Waals surface area contributed by atoms with Gasteiger partial charge >= 0.3 is 13.1 Å². The average molecular weight is 348 g/mol. The normalized spacial score (nSPS) is 19.0. The van der Waals surface area contributed by atoms with Crippen molar-refractivity contribution < 1.29 is 28.7 Å². The highest BCUT2D eigenvalue weighted by molar-refractivity contribution is 6.55. The van der Waals surface area contributed by atoms with Crippen molar-refractivity contribution in [2.75, 3.05) is 20.8 Å². The third-order valence-electron chi connectivity index (χ3n) is 4.73. The number of esters is 1. The van der Waals surface area contributed by atoms with Crippen LogP contribution in [0.5, 0.6) is 5.75 Å². The molecular formula is C18H25BO6. The lowest BCUT2D eigenvalue weighted by Crippen LogP contribution is -2.41. The van der Waals surface area contributed by atoms with Gasteiger partial charge in [0.15, 0.2) is 0 Å². The Morgan fingerprint density at radius 1 is 1.20 bits per heavy atom. The van der Waals surface area contributed by atoms with Crippen molar-refractivity contribution in [1.82, 2.24) is 0 Å². The predicted molar refractivity (Wildman–Crippen MR) is 95.5 cm³/mol. The first-order valence-corrected chi connectivity index (χ1v) is 8.08. The van der Waals surface area contributed by atoms with Gasteiger partial charge in [0.25, 0.3) is 0 Å². The summed E-state index contributed by atoms with van der Waals surface area (Å²) in [5, 5.41) is 9.82. The Hall–Kier alpha value is -1.83. The van der Waals surface area contributed by atoms with E-state index >= 15 is 0 Å². The van der Waals surface area contributed by atoms with Gasteiger partial charge in [-0.3, -0.25) is 0 Å². The second-order valence-corrected chi connectivity index (χ2v) is 6.91. The molecule has 6 nitrogen and oxygen atoms in total. The van der Waals surface area contributed by atoms with Crippen LogP contribution in [0, 0.1) is 0 Å². The molecule has 0 aromatic heterocycles. The Labute approximate surface area is 148 Å². The summed E-state index contributed by atoms with van der Waals surface area (Å²) in [5.41, 5.74) is 0.539. The topological polar surface area (TPSA) is 74.2 Å². The van der Waals surface area contributed by atoms with Gasteiger partial charge in [-0.2, -0.15) is 0 Å². The fraction of sp³-hybridized carbons (Fsp3) is 0.500. The maximum Gasteiger partial charge on any atom is 0.492 e. The summed E-state index contributed by atoms with van der Waals surface area (Å²) in [7, 11) is 2.19. The summed E-state index contributed by atoms with van der Waals surface area (Å²) in [5.74, 6) is 0.119. The van der Waals surface area contributed by atoms with E-state index in [1.807, 2.05) is 27.7 Å². The maximum atomic E-state index is 11.8. The number of hydrogen-bond donors (Lipinski definition) is 1. The lowest BCUT2D eigenvalue weighted by atomic mass is 9.77. The molecule has 1 aliphatic heterocycles. The first kappa shape index (κ1) is 19.5. The molecule has 136 valence electrons. The van der Waals surface area contributed by atoms with Crippen molar-refractivity contribution in [1.29, 1.82) is 0 Å². The summed E-state index contributed by atoms with van der Waals surface area (Å²) in [4.78, 5) is 11.8. The molecule has 1 heterocycles. The summed E-state index contributed by atoms with van der Waals surface area (Å²) in [6.45, 7) is 7.53. The number of hydrogen-bond acceptors (Lipinski definition) is 6. The van der Waals surface area contributed by atoms with Gasteiger partial charge in [-0.05, 0) is 51.4 Å². The molecule has 0 radical (unpaired) electrons. The number of ether oxygens (including phenoxy) is 2. The molecule has 0 unspecified atom stereocenters. The summed E-state index contributed by atoms with van der Waals surface area (Å²) >= 11 is 0. The Morgan fingerprint density at radius 3 is 2.28 bits per heavy atom. The molecule has 0 aliphatic carbocycles. The quantitative estimate of drug-likeness (QED) is 0.651. The van der Waals surface area contributed by atoms with Crippen LogP contribution in [-0.2, 0) is 14.0 Å². The molecule has 1 N–H and O–H groups in total. The smallest absolute Gasteiger partial charge is 0.492 e. The molecule has 0 spiro atoms. The summed E-state index contributed by atoms with van der Waals surface area (Å²) in [6, 6.07) is 4.94. The van der Waals surface area contributed by atoms with E-state index in [9.17, 15) is 9.90 Å². The van der Waals surface area contributed by atoms with Crippen LogP contribution in [0.3, 0.4) is 0 Å². The third-order valence-corrected chi connectivity index (χ3v) is 4.73. The molecule has 1 fully saturated rings. The first-order chi connectivity index (χ1) is 11.6. The highest BCUT2D eigenvalue weighted by Crippen LogP contribution is 2.39. The van der Waals surface area contributed by atoms with Crippen molar-refractivity contribution in [2.24, 2.45) is 0 Å². The first-order valence-electron chi connectivity index (χ1n) is 8.08. The highest BCUT2D eigenvalue weighted by atomic mass is 16.7. The number of carbonyl (C=O) groups is 1. The van der Waals surface area contributed by atoms with Crippen LogP contribution in [0.15, 0.2) is 23.7 Å². The molecule has 0 bridgehead atoms. The van der Waals surface area contributed by atoms with E-state index in [1.165, 1.54) is 14.2 Å². The minimum atomic E-state index is -0.679. The molecule has 0 saturated carbocycles. The average Bonchev–Trinajstić information content (AvgIpc) is 2.79. The number of aliphatic hydroxyl groups excluding tert-OH is 1. The van der Waals surface area contributed by atoms with Crippen molar-refractivity contribution in [2.45, 2.75) is 38.9 Å². The molecular weight excluding hydrogens is 323 g/mol. The van der Waals surface area contributed by atoms with Crippen LogP contribution in [-0.4, -0.2) is 50.2 Å². The Balaban J connectivity index is 2.41. The van der Waals surface area contributed by atoms with Crippen LogP contribution < -0.4 is 4.74 Å². The van der Waals surface area contributed by atoms with Crippen molar-refractivity contribution in [3.8, 4) is 5.75 Å². The Morgan fingerprint density at radius 2 is 1.80 bits per heavy atom. The van der Waals surface area contributed by atoms with E-state index in [4.69, 9.17) is 18.8 Å². The SMILES string of the molecule is COC(=O)c1ccc(OC)c(C=C(CO)B2OC(C)(C)C(C)(C)O2)c1. The van der Waals surface area contributed by atoms with Gasteiger partial charge in [-0.1, -0.05) is 6.08 Å². The summed E-state index contributed by atoms with van der Waals surface area (Å²) < 4.78 is 22.1. The maximum absolute atomic E-state index is 11.8. The van der Waals surface area contributed by atoms with Crippen molar-refractivity contribution in [3.05, 3.63) is 34.8 Å². The van der Waals surface area contributed by atoms with E-state index in [0.717, 1.165) is 0 Å². The van der Waals surface area contributed by atoms with Crippen LogP contribution >= 0.6 is 0 Å². The van der Waals surface area contributed by atoms with Crippen LogP contribution in [0.2, 0.25) is 0 Å². The monoisotopic (exact) mass is 348 g/mol. The minimum absolute atomic E-state index is 0.248. The van der Waals surface area contributed by atoms with Gasteiger partial charge in [0.05, 0.1) is 37.6 Å². The van der Waals surface area contributed by atoms with Gasteiger partial charge in [0.2, 0.25) is 0 Å². The Kier molecular flexibility index (Phi) is 5.61. The van der Waals surface area contributed by atoms with E-state index < -0.39 is 24.3 Å². The predicted octanol–water partition coefficient (Wildman–Crippen LogP) is 2.49. The zero-order chi connectivity index (χ0) is 18.8. The standard InChI is InChI=1S/C18H25BO6/c1-17(2)18(3,4)25-19(24-17)14(11-20)10-13-9-12(16(21)23-6)7-8-15(13)22-5/h7-10,20H,11H2,1-6H3. The fourth-order valence-electron chi connectivity index (χ4n) is 2.47. The van der Waals surface area contributed by atoms with Crippen molar-refractivity contribution >= 4 is 19.2 Å². The molecule has 1 saturated heterocycles. The number of aliphatic hydroxyl groups is 1. The molecule has 7 heteroatoms. The minimum Gasteiger partial charge on any atom is -0.496 e. The number of carbonyl (C=O) groups excluding carboxylic acids is 1. The molecule has 2 rings (SSSR count). The zero-order valence-electron chi connectivity index (χ0n) is 15.6. The molecule has 25 heavy (non-hydrogen) atoms. The number of benzene rings is 1. The molecule has 1 aromatic carbocycles. The van der Waals surface area contributed by atoms with Crippen LogP contribution in [0.25, 0.3) is 6.08 Å². The van der Waals surface area contributed by atoms with Gasteiger partial charge in [-0.15, -0.1) is 0 Å². The molecule has 1 aromatic rings. The lowest BCUT2D eigenvalue weighted by Gasteiger charge is -2.32. The highest BCUT2D eigenvalue weighted by Gasteiger charge is 2.52. The lowest BCUT2D eigenvalue weighted by molar-refractivity contribution is 0.00578. The van der Waals surface area contributed by atoms with E-state index in [-0.39, 0.29) is 6.61 Å².